The van der Waals surface area contributed by atoms with E-state index in [1.165, 1.54) is 0 Å². The highest BCUT2D eigenvalue weighted by atomic mass is 16.8. The third-order valence-electron chi connectivity index (χ3n) is 16.7. The average Bonchev–Trinajstić information content (AvgIpc) is 0.785. The molecule has 92 heavy (non-hydrogen) atoms. The Morgan fingerprint density at radius 1 is 0.348 bits per heavy atom. The van der Waals surface area contributed by atoms with Gasteiger partial charge in [-0.05, 0) is 44.5 Å². The van der Waals surface area contributed by atoms with Crippen molar-refractivity contribution < 1.29 is 76.2 Å². The highest BCUT2D eigenvalue weighted by molar-refractivity contribution is 5.75. The van der Waals surface area contributed by atoms with Gasteiger partial charge in [0.25, 0.3) is 0 Å². The van der Waals surface area contributed by atoms with Gasteiger partial charge in [-0.3, -0.25) is 0 Å². The number of hydrogen-bond acceptors (Lipinski definition) is 16. The fourth-order valence-corrected chi connectivity index (χ4v) is 12.1. The van der Waals surface area contributed by atoms with E-state index in [4.69, 9.17) is 66.3 Å². The van der Waals surface area contributed by atoms with Crippen LogP contribution in [0.1, 0.15) is 44.5 Å². The Morgan fingerprint density at radius 3 is 1.10 bits per heavy atom. The molecule has 3 heterocycles. The van der Waals surface area contributed by atoms with Crippen LogP contribution in [0.3, 0.4) is 0 Å². The fourth-order valence-electron chi connectivity index (χ4n) is 12.1. The first-order valence-corrected chi connectivity index (χ1v) is 31.5. The predicted molar refractivity (Wildman–Crippen MR) is 342 cm³/mol. The summed E-state index contributed by atoms with van der Waals surface area (Å²) in [6.07, 6.45) is -15.9. The van der Waals surface area contributed by atoms with Gasteiger partial charge in [-0.15, -0.1) is 0 Å². The van der Waals surface area contributed by atoms with Gasteiger partial charge in [0.2, 0.25) is 0 Å². The molecule has 3 aliphatic heterocycles. The molecule has 3 fully saturated rings. The number of rotatable bonds is 31. The van der Waals surface area contributed by atoms with Crippen molar-refractivity contribution in [3.05, 3.63) is 287 Å². The van der Waals surface area contributed by atoms with Crippen LogP contribution < -0.4 is 0 Å². The smallest absolute Gasteiger partial charge is 0.336 e. The number of hydrogen-bond donors (Lipinski definition) is 1. The van der Waals surface area contributed by atoms with Crippen molar-refractivity contribution >= 4 is 5.97 Å². The topological polar surface area (TPSA) is 167 Å². The zero-order chi connectivity index (χ0) is 63.1. The first-order chi connectivity index (χ1) is 45.4. The molecule has 15 atom stereocenters. The Bertz CT molecular complexity index is 3340. The molecule has 0 radical (unpaired) electrons. The summed E-state index contributed by atoms with van der Waals surface area (Å²) in [4.78, 5) is 15.8. The van der Waals surface area contributed by atoms with Crippen LogP contribution in [0, 0.1) is 5.92 Å². The second-order valence-corrected chi connectivity index (χ2v) is 23.1. The van der Waals surface area contributed by atoms with Crippen LogP contribution in [0.2, 0.25) is 0 Å². The minimum atomic E-state index is -1.55. The van der Waals surface area contributed by atoms with Gasteiger partial charge in [0.1, 0.15) is 61.5 Å². The van der Waals surface area contributed by atoms with Gasteiger partial charge in [0.05, 0.1) is 77.6 Å². The lowest BCUT2D eigenvalue weighted by atomic mass is 9.78. The van der Waals surface area contributed by atoms with Crippen LogP contribution in [-0.4, -0.2) is 124 Å². The summed E-state index contributed by atoms with van der Waals surface area (Å²) >= 11 is 0. The predicted octanol–water partition coefficient (Wildman–Crippen LogP) is 11.3. The van der Waals surface area contributed by atoms with E-state index in [-0.39, 0.29) is 66.1 Å². The maximum Gasteiger partial charge on any atom is 0.336 e. The quantitative estimate of drug-likeness (QED) is 0.0407. The minimum Gasteiger partial charge on any atom is -0.459 e. The van der Waals surface area contributed by atoms with Crippen molar-refractivity contribution in [3.63, 3.8) is 0 Å². The van der Waals surface area contributed by atoms with Crippen LogP contribution >= 0.6 is 0 Å². The van der Waals surface area contributed by atoms with E-state index in [9.17, 15) is 5.11 Å². The van der Waals surface area contributed by atoms with E-state index in [1.54, 1.807) is 14.2 Å². The molecule has 11 rings (SSSR count). The number of carbonyl (C=O) groups excluding carboxylic acids is 1. The third kappa shape index (κ3) is 18.1. The number of aliphatic hydroxyl groups is 1. The molecule has 3 saturated heterocycles. The maximum atomic E-state index is 15.8. The van der Waals surface area contributed by atoms with Crippen molar-refractivity contribution in [2.45, 2.75) is 139 Å². The van der Waals surface area contributed by atoms with Gasteiger partial charge in [-0.2, -0.15) is 0 Å². The summed E-state index contributed by atoms with van der Waals surface area (Å²) in [7, 11) is 3.12. The molecule has 1 N–H and O–H groups in total. The molecule has 3 aliphatic rings. The molecule has 0 aliphatic carbocycles. The molecule has 16 nitrogen and oxygen atoms in total. The van der Waals surface area contributed by atoms with Gasteiger partial charge in [-0.25, -0.2) is 4.79 Å². The van der Waals surface area contributed by atoms with Gasteiger partial charge in [0, 0.05) is 14.2 Å². The zero-order valence-corrected chi connectivity index (χ0v) is 51.9. The highest BCUT2D eigenvalue weighted by Gasteiger charge is 2.61. The number of aliphatic hydroxyl groups excluding tert-OH is 1. The van der Waals surface area contributed by atoms with Crippen molar-refractivity contribution in [1.29, 1.82) is 0 Å². The first kappa shape index (κ1) is 66.1. The maximum absolute atomic E-state index is 15.8. The summed E-state index contributed by atoms with van der Waals surface area (Å²) in [5.74, 6) is -1.90. The number of ether oxygens (including phenoxy) is 14. The zero-order valence-electron chi connectivity index (χ0n) is 51.9. The van der Waals surface area contributed by atoms with Gasteiger partial charge in [0.15, 0.2) is 18.7 Å². The van der Waals surface area contributed by atoms with Crippen molar-refractivity contribution in [3.8, 4) is 0 Å². The van der Waals surface area contributed by atoms with E-state index in [0.717, 1.165) is 44.5 Å². The van der Waals surface area contributed by atoms with Crippen molar-refractivity contribution in [2.24, 2.45) is 5.92 Å². The molecule has 8 aromatic rings. The molecule has 8 aromatic carbocycles. The largest absolute Gasteiger partial charge is 0.459 e. The monoisotopic (exact) mass is 1250 g/mol. The molecule has 0 bridgehead atoms. The van der Waals surface area contributed by atoms with E-state index in [0.29, 0.717) is 0 Å². The first-order valence-electron chi connectivity index (χ1n) is 31.5. The molecule has 0 saturated carbocycles. The van der Waals surface area contributed by atoms with Crippen molar-refractivity contribution in [2.75, 3.05) is 27.4 Å². The summed E-state index contributed by atoms with van der Waals surface area (Å²) in [6.45, 7) is 0.814. The molecular formula is C76H82O16. The van der Waals surface area contributed by atoms with E-state index >= 15 is 4.79 Å². The Balaban J connectivity index is 1.02. The molecule has 0 aromatic heterocycles. The summed E-state index contributed by atoms with van der Waals surface area (Å²) in [5.41, 5.74) is 6.96. The van der Waals surface area contributed by atoms with Crippen LogP contribution in [0.5, 0.6) is 0 Å². The molecule has 0 amide bonds. The van der Waals surface area contributed by atoms with Gasteiger partial charge in [-0.1, -0.05) is 243 Å². The van der Waals surface area contributed by atoms with E-state index in [2.05, 4.69) is 0 Å². The molecule has 482 valence electrons. The van der Waals surface area contributed by atoms with Crippen LogP contribution in [0.15, 0.2) is 243 Å². The molecular weight excluding hydrogens is 1170 g/mol. The average molecular weight is 1250 g/mol. The SMILES string of the molecule is CO[C@H]1O[C@H](COCc2ccccc2)[C@@H](O[C@@H]2O[C@@H](C(=O)OCc3ccccc3)[C@@H](C3O[C@H](COCc4ccccc4)[C@@H](O)[C@H](OCc4ccccc4)[C@H]3OCc3ccccc3)[C@H](OC)[C@H]2OCc2ccccc2)[C@H](OCc2ccccc2)[C@H]1OCc1ccccc1. The second kappa shape index (κ2) is 34.5. The van der Waals surface area contributed by atoms with Crippen LogP contribution in [-0.2, 0) is 124 Å². The molecule has 16 heteroatoms. The second-order valence-electron chi connectivity index (χ2n) is 23.1. The van der Waals surface area contributed by atoms with Crippen molar-refractivity contribution in [1.82, 2.24) is 0 Å². The van der Waals surface area contributed by atoms with E-state index < -0.39 is 97.7 Å². The lowest BCUT2D eigenvalue weighted by molar-refractivity contribution is -0.374. The van der Waals surface area contributed by atoms with Crippen LogP contribution in [0.4, 0.5) is 0 Å². The van der Waals surface area contributed by atoms with Crippen LogP contribution in [0.25, 0.3) is 0 Å². The van der Waals surface area contributed by atoms with Gasteiger partial charge < -0.3 is 71.4 Å². The lowest BCUT2D eigenvalue weighted by Gasteiger charge is -2.53. The highest BCUT2D eigenvalue weighted by Crippen LogP contribution is 2.43. The number of esters is 1. The Labute approximate surface area is 539 Å². The standard InChI is InChI=1S/C76H82O16/c1-79-66-63(67-71(85-47-57-35-19-7-20-36-57)69(83-45-55-31-15-5-16-32-55)64(77)61(89-67)51-81-43-53-27-11-3-12-28-53)68(74(78)88-50-60-41-25-10-26-42-60)92-76(72(66)86-48-58-37-21-8-22-38-58)91-65-62(52-82-44-54-29-13-4-14-30-54)90-75(80-2)73(87-49-59-39-23-9-24-40-59)70(65)84-46-56-33-17-6-18-34-56/h3-42,61-73,75-77H,43-52H2,1-2H3/t61-,62-,63-,64-,65-,66+,67?,68-,69+,70+,71+,72-,73-,75+,76-/m1/s1. The Morgan fingerprint density at radius 2 is 0.696 bits per heavy atom. The summed E-state index contributed by atoms with van der Waals surface area (Å²) in [5, 5.41) is 12.8. The lowest BCUT2D eigenvalue weighted by Crippen LogP contribution is -2.70. The fraction of sp³-hybridized carbons (Fsp3) is 0.355. The van der Waals surface area contributed by atoms with E-state index in [1.807, 2.05) is 243 Å². The molecule has 1 unspecified atom stereocenters. The Hall–Kier alpha value is -7.33. The number of benzene rings is 8. The Kier molecular flexibility index (Phi) is 24.8. The third-order valence-corrected chi connectivity index (χ3v) is 16.7. The normalized spacial score (nSPS) is 26.4. The minimum absolute atomic E-state index is 0.00602. The summed E-state index contributed by atoms with van der Waals surface area (Å²) in [6, 6.07) is 77.7. The molecule has 0 spiro atoms. The number of carbonyl (C=O) groups is 1. The summed E-state index contributed by atoms with van der Waals surface area (Å²) < 4.78 is 96.6. The van der Waals surface area contributed by atoms with Gasteiger partial charge >= 0.3 is 5.97 Å². The number of methoxy groups -OCH3 is 2.